The predicted octanol–water partition coefficient (Wildman–Crippen LogP) is 5.48. The van der Waals surface area contributed by atoms with E-state index in [1.54, 1.807) is 45.9 Å². The van der Waals surface area contributed by atoms with Crippen molar-refractivity contribution in [2.45, 2.75) is 59.2 Å². The molecule has 0 atom stereocenters. The Morgan fingerprint density at radius 1 is 1.12 bits per heavy atom. The largest absolute Gasteiger partial charge is 0.454 e. The van der Waals surface area contributed by atoms with E-state index in [2.05, 4.69) is 0 Å². The first-order valence-electron chi connectivity index (χ1n) is 10.6. The maximum atomic E-state index is 14.4. The van der Waals surface area contributed by atoms with Crippen LogP contribution in [0, 0.1) is 17.1 Å². The normalized spacial score (nSPS) is 16.8. The average Bonchev–Trinajstić information content (AvgIpc) is 2.73. The van der Waals surface area contributed by atoms with E-state index in [0.29, 0.717) is 12.0 Å². The predicted molar refractivity (Wildman–Crippen MR) is 120 cm³/mol. The molecule has 6 nitrogen and oxygen atoms in total. The summed E-state index contributed by atoms with van der Waals surface area (Å²) in [6.45, 7) is 10.00. The maximum absolute atomic E-state index is 14.4. The van der Waals surface area contributed by atoms with Crippen LogP contribution in [0.25, 0.3) is 5.57 Å². The molecule has 2 aromatic rings. The lowest BCUT2D eigenvalue weighted by Gasteiger charge is -2.42. The zero-order valence-electron chi connectivity index (χ0n) is 19.5. The number of nitriles is 1. The standard InChI is InChI=1S/C26H26FNO5/c1-7-17-9-10-18(32-21-11-8-16(14-28)12-20(21)27)13-19(17)22-23(30)25(3,4)33-26(5,6)24(22)31-15(2)29/h8-13H,7H2,1-6H3. The molecule has 0 fully saturated rings. The minimum absolute atomic E-state index is 0.0580. The number of benzene rings is 2. The van der Waals surface area contributed by atoms with Crippen LogP contribution in [0.2, 0.25) is 0 Å². The van der Waals surface area contributed by atoms with Crippen molar-refractivity contribution in [1.29, 1.82) is 5.26 Å². The van der Waals surface area contributed by atoms with E-state index < -0.39 is 23.0 Å². The number of esters is 1. The Morgan fingerprint density at radius 3 is 2.39 bits per heavy atom. The number of carbonyl (C=O) groups is 2. The molecule has 0 radical (unpaired) electrons. The van der Waals surface area contributed by atoms with Gasteiger partial charge in [0.1, 0.15) is 17.0 Å². The Labute approximate surface area is 192 Å². The number of Topliss-reactive ketones (excluding diaryl/α,β-unsaturated/α-hetero) is 1. The minimum atomic E-state index is -1.16. The summed E-state index contributed by atoms with van der Waals surface area (Å²) in [6, 6.07) is 10.9. The van der Waals surface area contributed by atoms with Gasteiger partial charge in [0.2, 0.25) is 0 Å². The van der Waals surface area contributed by atoms with Crippen molar-refractivity contribution < 1.29 is 28.2 Å². The van der Waals surface area contributed by atoms with Crippen molar-refractivity contribution >= 4 is 17.3 Å². The second-order valence-corrected chi connectivity index (χ2v) is 8.78. The number of nitrogens with zero attached hydrogens (tertiary/aromatic N) is 1. The van der Waals surface area contributed by atoms with Gasteiger partial charge in [-0.15, -0.1) is 0 Å². The lowest BCUT2D eigenvalue weighted by molar-refractivity contribution is -0.165. The second kappa shape index (κ2) is 8.80. The van der Waals surface area contributed by atoms with Crippen LogP contribution in [0.5, 0.6) is 11.5 Å². The second-order valence-electron chi connectivity index (χ2n) is 8.78. The molecule has 0 aromatic heterocycles. The summed E-state index contributed by atoms with van der Waals surface area (Å²) in [7, 11) is 0. The van der Waals surface area contributed by atoms with Crippen LogP contribution in [0.3, 0.4) is 0 Å². The third-order valence-electron chi connectivity index (χ3n) is 5.32. The van der Waals surface area contributed by atoms with Gasteiger partial charge in [0.15, 0.2) is 23.1 Å². The molecule has 0 saturated carbocycles. The van der Waals surface area contributed by atoms with E-state index in [9.17, 15) is 14.0 Å². The highest BCUT2D eigenvalue weighted by atomic mass is 19.1. The summed E-state index contributed by atoms with van der Waals surface area (Å²) in [4.78, 5) is 25.4. The van der Waals surface area contributed by atoms with Gasteiger partial charge < -0.3 is 14.2 Å². The SMILES string of the molecule is CCc1ccc(Oc2ccc(C#N)cc2F)cc1C1=C(OC(C)=O)C(C)(C)OC(C)(C)C1=O. The summed E-state index contributed by atoms with van der Waals surface area (Å²) < 4.78 is 31.6. The molecule has 0 amide bonds. The Balaban J connectivity index is 2.20. The minimum Gasteiger partial charge on any atom is -0.454 e. The fraction of sp³-hybridized carbons (Fsp3) is 0.346. The maximum Gasteiger partial charge on any atom is 0.307 e. The summed E-state index contributed by atoms with van der Waals surface area (Å²) >= 11 is 0. The molecule has 7 heteroatoms. The van der Waals surface area contributed by atoms with Crippen LogP contribution in [0.4, 0.5) is 4.39 Å². The molecule has 33 heavy (non-hydrogen) atoms. The Bertz CT molecular complexity index is 1200. The highest BCUT2D eigenvalue weighted by molar-refractivity contribution is 6.26. The molecule has 0 N–H and O–H groups in total. The molecule has 1 heterocycles. The molecular weight excluding hydrogens is 425 g/mol. The van der Waals surface area contributed by atoms with Crippen molar-refractivity contribution in [2.24, 2.45) is 0 Å². The number of carbonyl (C=O) groups excluding carboxylic acids is 2. The van der Waals surface area contributed by atoms with Crippen molar-refractivity contribution in [2.75, 3.05) is 0 Å². The van der Waals surface area contributed by atoms with E-state index in [1.807, 2.05) is 13.0 Å². The van der Waals surface area contributed by atoms with E-state index >= 15 is 0 Å². The van der Waals surface area contributed by atoms with Crippen LogP contribution in [0.1, 0.15) is 58.2 Å². The zero-order valence-corrected chi connectivity index (χ0v) is 19.5. The summed E-state index contributed by atoms with van der Waals surface area (Å²) in [6.07, 6.45) is 0.590. The van der Waals surface area contributed by atoms with E-state index in [0.717, 1.165) is 11.6 Å². The van der Waals surface area contributed by atoms with Gasteiger partial charge in [-0.25, -0.2) is 4.39 Å². The van der Waals surface area contributed by atoms with Crippen molar-refractivity contribution in [1.82, 2.24) is 0 Å². The average molecular weight is 451 g/mol. The smallest absolute Gasteiger partial charge is 0.307 e. The summed E-state index contributed by atoms with van der Waals surface area (Å²) in [5, 5.41) is 8.94. The fourth-order valence-electron chi connectivity index (χ4n) is 3.94. The third kappa shape index (κ3) is 4.81. The lowest BCUT2D eigenvalue weighted by atomic mass is 9.81. The molecule has 0 saturated heterocycles. The molecule has 0 bridgehead atoms. The van der Waals surface area contributed by atoms with Crippen molar-refractivity contribution in [3.8, 4) is 17.6 Å². The van der Waals surface area contributed by atoms with Gasteiger partial charge in [0, 0.05) is 6.92 Å². The first-order chi connectivity index (χ1) is 15.4. The van der Waals surface area contributed by atoms with Crippen LogP contribution in [-0.2, 0) is 25.5 Å². The van der Waals surface area contributed by atoms with Gasteiger partial charge in [-0.05, 0) is 75.6 Å². The highest BCUT2D eigenvalue weighted by Crippen LogP contribution is 2.43. The summed E-state index contributed by atoms with van der Waals surface area (Å²) in [5.74, 6) is -1.24. The zero-order chi connectivity index (χ0) is 24.6. The van der Waals surface area contributed by atoms with Gasteiger partial charge in [-0.1, -0.05) is 13.0 Å². The topological polar surface area (TPSA) is 85.6 Å². The number of ketones is 1. The Kier molecular flexibility index (Phi) is 6.44. The molecule has 172 valence electrons. The van der Waals surface area contributed by atoms with Gasteiger partial charge in [-0.2, -0.15) is 5.26 Å². The van der Waals surface area contributed by atoms with Crippen LogP contribution in [0.15, 0.2) is 42.2 Å². The molecule has 0 spiro atoms. The number of hydrogen-bond donors (Lipinski definition) is 0. The molecule has 1 aliphatic rings. The Morgan fingerprint density at radius 2 is 1.82 bits per heavy atom. The van der Waals surface area contributed by atoms with Gasteiger partial charge >= 0.3 is 5.97 Å². The third-order valence-corrected chi connectivity index (χ3v) is 5.32. The lowest BCUT2D eigenvalue weighted by Crippen LogP contribution is -2.50. The van der Waals surface area contributed by atoms with E-state index in [1.165, 1.54) is 19.1 Å². The van der Waals surface area contributed by atoms with E-state index in [-0.39, 0.29) is 34.2 Å². The van der Waals surface area contributed by atoms with Crippen LogP contribution < -0.4 is 4.74 Å². The number of halogens is 1. The molecular formula is C26H26FNO5. The number of aryl methyl sites for hydroxylation is 1. The monoisotopic (exact) mass is 451 g/mol. The molecule has 0 unspecified atom stereocenters. The molecule has 0 aliphatic carbocycles. The first-order valence-corrected chi connectivity index (χ1v) is 10.6. The van der Waals surface area contributed by atoms with E-state index in [4.69, 9.17) is 19.5 Å². The van der Waals surface area contributed by atoms with Gasteiger partial charge in [0.05, 0.1) is 17.2 Å². The van der Waals surface area contributed by atoms with Crippen molar-refractivity contribution in [3.63, 3.8) is 0 Å². The van der Waals surface area contributed by atoms with Gasteiger partial charge in [0.25, 0.3) is 0 Å². The quantitative estimate of drug-likeness (QED) is 0.560. The van der Waals surface area contributed by atoms with Crippen LogP contribution >= 0.6 is 0 Å². The summed E-state index contributed by atoms with van der Waals surface area (Å²) in [5.41, 5.74) is -0.466. The number of rotatable bonds is 5. The molecule has 2 aromatic carbocycles. The first kappa shape index (κ1) is 24.1. The van der Waals surface area contributed by atoms with Crippen molar-refractivity contribution in [3.05, 3.63) is 64.7 Å². The molecule has 3 rings (SSSR count). The van der Waals surface area contributed by atoms with Crippen LogP contribution in [-0.4, -0.2) is 23.0 Å². The highest BCUT2D eigenvalue weighted by Gasteiger charge is 2.48. The Hall–Kier alpha value is -3.50. The van der Waals surface area contributed by atoms with Gasteiger partial charge in [-0.3, -0.25) is 9.59 Å². The molecule has 1 aliphatic heterocycles. The number of hydrogen-bond acceptors (Lipinski definition) is 6. The number of ether oxygens (including phenoxy) is 3. The fourth-order valence-corrected chi connectivity index (χ4v) is 3.94.